The maximum absolute atomic E-state index is 11.2. The minimum absolute atomic E-state index is 0.326. The number of hydrogen-bond donors (Lipinski definition) is 1. The fourth-order valence-corrected chi connectivity index (χ4v) is 1.89. The van der Waals surface area contributed by atoms with Crippen molar-refractivity contribution in [2.45, 2.75) is 13.8 Å². The third kappa shape index (κ3) is 4.18. The Morgan fingerprint density at radius 1 is 1.05 bits per heavy atom. The van der Waals surface area contributed by atoms with Crippen LogP contribution in [-0.2, 0) is 4.74 Å². The highest BCUT2D eigenvalue weighted by Gasteiger charge is 2.02. The molecular weight excluding hydrogens is 264 g/mol. The lowest BCUT2D eigenvalue weighted by Gasteiger charge is -2.05. The third-order valence-corrected chi connectivity index (χ3v) is 3.00. The van der Waals surface area contributed by atoms with E-state index in [9.17, 15) is 4.79 Å². The van der Waals surface area contributed by atoms with Crippen molar-refractivity contribution in [2.75, 3.05) is 6.61 Å². The van der Waals surface area contributed by atoms with Crippen LogP contribution in [0, 0.1) is 0 Å². The van der Waals surface area contributed by atoms with Crippen molar-refractivity contribution in [3.05, 3.63) is 60.2 Å². The predicted octanol–water partition coefficient (Wildman–Crippen LogP) is 3.82. The zero-order chi connectivity index (χ0) is 15.1. The van der Waals surface area contributed by atoms with Gasteiger partial charge in [0.15, 0.2) is 0 Å². The van der Waals surface area contributed by atoms with Crippen molar-refractivity contribution in [3.8, 4) is 11.1 Å². The van der Waals surface area contributed by atoms with Crippen LogP contribution in [0.3, 0.4) is 0 Å². The molecule has 0 fully saturated rings. The SMILES string of the molecule is CCOC(=O)N/N=C(\C)c1ccc(-c2ccccc2)cc1. The van der Waals surface area contributed by atoms with Crippen molar-refractivity contribution in [2.24, 2.45) is 5.10 Å². The van der Waals surface area contributed by atoms with Gasteiger partial charge in [0, 0.05) is 0 Å². The number of carbonyl (C=O) groups excluding carboxylic acids is 1. The largest absolute Gasteiger partial charge is 0.449 e. The van der Waals surface area contributed by atoms with E-state index in [4.69, 9.17) is 4.74 Å². The number of hydrogen-bond acceptors (Lipinski definition) is 3. The number of carbonyl (C=O) groups is 1. The molecule has 2 aromatic carbocycles. The van der Waals surface area contributed by atoms with Gasteiger partial charge in [-0.15, -0.1) is 0 Å². The fourth-order valence-electron chi connectivity index (χ4n) is 1.89. The molecule has 0 saturated carbocycles. The second kappa shape index (κ2) is 7.24. The Labute approximate surface area is 124 Å². The summed E-state index contributed by atoms with van der Waals surface area (Å²) in [6, 6.07) is 18.2. The quantitative estimate of drug-likeness (QED) is 0.684. The van der Waals surface area contributed by atoms with Crippen LogP contribution in [0.5, 0.6) is 0 Å². The van der Waals surface area contributed by atoms with E-state index in [1.165, 1.54) is 5.56 Å². The van der Waals surface area contributed by atoms with Gasteiger partial charge < -0.3 is 4.74 Å². The molecule has 1 N–H and O–H groups in total. The van der Waals surface area contributed by atoms with Gasteiger partial charge in [-0.25, -0.2) is 10.2 Å². The molecule has 0 bridgehead atoms. The van der Waals surface area contributed by atoms with Crippen LogP contribution < -0.4 is 5.43 Å². The molecule has 0 spiro atoms. The lowest BCUT2D eigenvalue weighted by Crippen LogP contribution is -2.20. The summed E-state index contributed by atoms with van der Waals surface area (Å²) >= 11 is 0. The topological polar surface area (TPSA) is 50.7 Å². The molecule has 2 aromatic rings. The summed E-state index contributed by atoms with van der Waals surface area (Å²) in [7, 11) is 0. The molecule has 0 radical (unpaired) electrons. The number of nitrogens with zero attached hydrogens (tertiary/aromatic N) is 1. The summed E-state index contributed by atoms with van der Waals surface area (Å²) in [5.41, 5.74) is 6.34. The molecule has 0 aromatic heterocycles. The van der Waals surface area contributed by atoms with Gasteiger partial charge in [0.05, 0.1) is 12.3 Å². The Morgan fingerprint density at radius 2 is 1.67 bits per heavy atom. The van der Waals surface area contributed by atoms with Gasteiger partial charge >= 0.3 is 6.09 Å². The molecule has 0 heterocycles. The molecule has 0 aliphatic heterocycles. The first kappa shape index (κ1) is 14.8. The Bertz CT molecular complexity index is 619. The molecule has 0 aliphatic rings. The van der Waals surface area contributed by atoms with Crippen LogP contribution in [0.25, 0.3) is 11.1 Å². The van der Waals surface area contributed by atoms with E-state index in [1.54, 1.807) is 6.92 Å². The van der Waals surface area contributed by atoms with Gasteiger partial charge in [-0.3, -0.25) is 0 Å². The molecule has 0 unspecified atom stereocenters. The van der Waals surface area contributed by atoms with Gasteiger partial charge in [0.1, 0.15) is 0 Å². The van der Waals surface area contributed by atoms with E-state index in [-0.39, 0.29) is 0 Å². The second-order valence-electron chi connectivity index (χ2n) is 4.47. The summed E-state index contributed by atoms with van der Waals surface area (Å²) in [5.74, 6) is 0. The molecule has 4 nitrogen and oxygen atoms in total. The fraction of sp³-hybridized carbons (Fsp3) is 0.176. The number of nitrogens with one attached hydrogen (secondary N) is 1. The lowest BCUT2D eigenvalue weighted by molar-refractivity contribution is 0.152. The van der Waals surface area contributed by atoms with Crippen molar-refractivity contribution >= 4 is 11.8 Å². The first-order valence-electron chi connectivity index (χ1n) is 6.83. The summed E-state index contributed by atoms with van der Waals surface area (Å²) < 4.78 is 4.75. The van der Waals surface area contributed by atoms with Gasteiger partial charge in [-0.1, -0.05) is 54.6 Å². The molecule has 21 heavy (non-hydrogen) atoms. The van der Waals surface area contributed by atoms with Gasteiger partial charge in [0.2, 0.25) is 0 Å². The van der Waals surface area contributed by atoms with Crippen LogP contribution >= 0.6 is 0 Å². The monoisotopic (exact) mass is 282 g/mol. The first-order chi connectivity index (χ1) is 10.2. The number of ether oxygens (including phenoxy) is 1. The van der Waals surface area contributed by atoms with E-state index in [2.05, 4.69) is 22.7 Å². The van der Waals surface area contributed by atoms with Crippen LogP contribution in [0.4, 0.5) is 4.79 Å². The normalized spacial score (nSPS) is 11.0. The molecule has 0 atom stereocenters. The van der Waals surface area contributed by atoms with Gasteiger partial charge in [0.25, 0.3) is 0 Å². The maximum atomic E-state index is 11.2. The van der Waals surface area contributed by atoms with Crippen molar-refractivity contribution in [3.63, 3.8) is 0 Å². The molecule has 0 saturated heterocycles. The van der Waals surface area contributed by atoms with E-state index in [0.717, 1.165) is 16.8 Å². The van der Waals surface area contributed by atoms with Crippen LogP contribution in [0.1, 0.15) is 19.4 Å². The molecule has 0 aliphatic carbocycles. The Balaban J connectivity index is 2.08. The highest BCUT2D eigenvalue weighted by Crippen LogP contribution is 2.19. The zero-order valence-corrected chi connectivity index (χ0v) is 12.2. The predicted molar refractivity (Wildman–Crippen MR) is 84.2 cm³/mol. The Morgan fingerprint density at radius 3 is 2.29 bits per heavy atom. The average Bonchev–Trinajstić information content (AvgIpc) is 2.54. The Hall–Kier alpha value is -2.62. The first-order valence-corrected chi connectivity index (χ1v) is 6.83. The van der Waals surface area contributed by atoms with Crippen LogP contribution in [0.15, 0.2) is 59.7 Å². The minimum Gasteiger partial charge on any atom is -0.449 e. The van der Waals surface area contributed by atoms with Crippen molar-refractivity contribution in [1.29, 1.82) is 0 Å². The summed E-state index contributed by atoms with van der Waals surface area (Å²) in [6.45, 7) is 3.91. The second-order valence-corrected chi connectivity index (χ2v) is 4.47. The van der Waals surface area contributed by atoms with Crippen molar-refractivity contribution < 1.29 is 9.53 Å². The molecule has 108 valence electrons. The zero-order valence-electron chi connectivity index (χ0n) is 12.2. The van der Waals surface area contributed by atoms with E-state index < -0.39 is 6.09 Å². The van der Waals surface area contributed by atoms with E-state index in [0.29, 0.717) is 6.61 Å². The third-order valence-electron chi connectivity index (χ3n) is 3.00. The highest BCUT2D eigenvalue weighted by atomic mass is 16.5. The number of rotatable bonds is 4. The van der Waals surface area contributed by atoms with Gasteiger partial charge in [-0.2, -0.15) is 5.10 Å². The standard InChI is InChI=1S/C17H18N2O2/c1-3-21-17(20)19-18-13(2)14-9-11-16(12-10-14)15-7-5-4-6-8-15/h4-12H,3H2,1-2H3,(H,19,20)/b18-13+. The van der Waals surface area contributed by atoms with Crippen LogP contribution in [-0.4, -0.2) is 18.4 Å². The van der Waals surface area contributed by atoms with Gasteiger partial charge in [-0.05, 0) is 30.5 Å². The van der Waals surface area contributed by atoms with E-state index in [1.807, 2.05) is 49.4 Å². The maximum Gasteiger partial charge on any atom is 0.427 e. The molecular formula is C17H18N2O2. The van der Waals surface area contributed by atoms with Crippen molar-refractivity contribution in [1.82, 2.24) is 5.43 Å². The summed E-state index contributed by atoms with van der Waals surface area (Å²) in [4.78, 5) is 11.2. The summed E-state index contributed by atoms with van der Waals surface area (Å²) in [5, 5.41) is 4.01. The summed E-state index contributed by atoms with van der Waals surface area (Å²) in [6.07, 6.45) is -0.544. The smallest absolute Gasteiger partial charge is 0.427 e. The highest BCUT2D eigenvalue weighted by molar-refractivity contribution is 5.99. The van der Waals surface area contributed by atoms with Crippen LogP contribution in [0.2, 0.25) is 0 Å². The Kier molecular flexibility index (Phi) is 5.10. The minimum atomic E-state index is -0.544. The number of amides is 1. The number of hydrazone groups is 1. The molecule has 2 rings (SSSR count). The number of benzene rings is 2. The lowest BCUT2D eigenvalue weighted by atomic mass is 10.0. The molecule has 1 amide bonds. The average molecular weight is 282 g/mol. The molecule has 4 heteroatoms. The van der Waals surface area contributed by atoms with E-state index >= 15 is 0 Å².